The first kappa shape index (κ1) is 25.5. The van der Waals surface area contributed by atoms with Crippen LogP contribution in [0.4, 0.5) is 0 Å². The molecule has 0 atom stereocenters. The molecule has 0 amide bonds. The van der Waals surface area contributed by atoms with E-state index in [9.17, 15) is 0 Å². The summed E-state index contributed by atoms with van der Waals surface area (Å²) < 4.78 is 11.4. The fourth-order valence-corrected chi connectivity index (χ4v) is 35.7. The van der Waals surface area contributed by atoms with Gasteiger partial charge in [-0.15, -0.1) is 24.8 Å². The van der Waals surface area contributed by atoms with Crippen LogP contribution in [-0.2, 0) is 24.4 Å². The van der Waals surface area contributed by atoms with E-state index in [1.807, 2.05) is 0 Å². The minimum absolute atomic E-state index is 0. The van der Waals surface area contributed by atoms with Gasteiger partial charge in [0.05, 0.1) is 0 Å². The molecule has 0 nitrogen and oxygen atoms in total. The van der Waals surface area contributed by atoms with Gasteiger partial charge in [-0.3, -0.25) is 0 Å². The van der Waals surface area contributed by atoms with E-state index in [-0.39, 0.29) is 24.8 Å². The summed E-state index contributed by atoms with van der Waals surface area (Å²) in [5.41, 5.74) is 6.00. The van der Waals surface area contributed by atoms with Gasteiger partial charge >= 0.3 is 173 Å². The van der Waals surface area contributed by atoms with Gasteiger partial charge in [0.25, 0.3) is 0 Å². The summed E-state index contributed by atoms with van der Waals surface area (Å²) in [5, 5.41) is 0. The van der Waals surface area contributed by atoms with Crippen molar-refractivity contribution in [3.05, 3.63) is 75.1 Å². The number of hydrogen-bond acceptors (Lipinski definition) is 0. The number of hydrogen-bond donors (Lipinski definition) is 0. The molecule has 0 heterocycles. The molecule has 2 aliphatic carbocycles. The predicted molar refractivity (Wildman–Crippen MR) is 137 cm³/mol. The number of fused-ring (bicyclic) bond motifs is 3. The summed E-state index contributed by atoms with van der Waals surface area (Å²) in [4.78, 5) is 0. The van der Waals surface area contributed by atoms with Crippen molar-refractivity contribution in [1.29, 1.82) is 0 Å². The van der Waals surface area contributed by atoms with Gasteiger partial charge in [-0.25, -0.2) is 0 Å². The van der Waals surface area contributed by atoms with E-state index < -0.39 is 18.0 Å². The second kappa shape index (κ2) is 9.39. The van der Waals surface area contributed by atoms with E-state index in [2.05, 4.69) is 88.4 Å². The summed E-state index contributed by atoms with van der Waals surface area (Å²) in [6.45, 7) is 9.62. The molecule has 2 aliphatic rings. The van der Waals surface area contributed by atoms with Crippen molar-refractivity contribution in [2.75, 3.05) is 0 Å². The quantitative estimate of drug-likeness (QED) is 0.250. The molecule has 0 aromatic heterocycles. The molecule has 0 radical (unpaired) electrons. The van der Waals surface area contributed by atoms with Crippen molar-refractivity contribution in [2.45, 2.75) is 48.9 Å². The Morgan fingerprint density at radius 3 is 2.10 bits per heavy atom. The molecule has 0 unspecified atom stereocenters. The van der Waals surface area contributed by atoms with Crippen LogP contribution in [0.15, 0.2) is 64.0 Å². The number of rotatable bonds is 6. The molecular formula is C27H36Cl2Hf. The Bertz CT molecular complexity index is 1030. The van der Waals surface area contributed by atoms with Crippen molar-refractivity contribution < 1.29 is 18.0 Å². The maximum atomic E-state index is 5.39. The zero-order valence-corrected chi connectivity index (χ0v) is 24.0. The third-order valence-electron chi connectivity index (χ3n) is 6.97. The van der Waals surface area contributed by atoms with Crippen molar-refractivity contribution in [2.24, 2.45) is 11.8 Å². The molecule has 30 heavy (non-hydrogen) atoms. The first-order valence-corrected chi connectivity index (χ1v) is 22.1. The van der Waals surface area contributed by atoms with Gasteiger partial charge in [-0.05, 0) is 0 Å². The molecule has 3 heteroatoms. The van der Waals surface area contributed by atoms with Crippen LogP contribution in [0.3, 0.4) is 0 Å². The zero-order chi connectivity index (χ0) is 20.0. The van der Waals surface area contributed by atoms with E-state index in [4.69, 9.17) is 4.26 Å². The average molecular weight is 610 g/mol. The van der Waals surface area contributed by atoms with Crippen LogP contribution in [0.2, 0.25) is 8.35 Å². The molecule has 0 bridgehead atoms. The van der Waals surface area contributed by atoms with Crippen LogP contribution >= 0.6 is 24.8 Å². The van der Waals surface area contributed by atoms with Gasteiger partial charge in [0.2, 0.25) is 0 Å². The number of halogens is 2. The van der Waals surface area contributed by atoms with Crippen LogP contribution < -0.4 is 3.32 Å². The molecule has 2 aromatic rings. The van der Waals surface area contributed by atoms with Crippen molar-refractivity contribution in [3.63, 3.8) is 0 Å². The average Bonchev–Trinajstić information content (AvgIpc) is 3.28. The molecule has 0 aliphatic heterocycles. The standard InChI is InChI=1S/C13H9.C5H5.2C4H9.CH2.2ClH.Hf/c1-3-7-12-10(5-1)9-11-6-2-4-8-13(11)12;1-2-4-5-3-1;2*1-4(2)3;;;;/h1-5,7-8H,9H2;1-3H,4H2;2*4H,1H2,2-3H3;1H2;2*1H;. The van der Waals surface area contributed by atoms with E-state index in [0.29, 0.717) is 11.8 Å². The monoisotopic (exact) mass is 610 g/mol. The molecule has 0 saturated heterocycles. The van der Waals surface area contributed by atoms with E-state index in [1.54, 1.807) is 12.2 Å². The van der Waals surface area contributed by atoms with Crippen LogP contribution in [0.5, 0.6) is 0 Å². The summed E-state index contributed by atoms with van der Waals surface area (Å²) in [6, 6.07) is 16.1. The molecule has 2 aromatic carbocycles. The van der Waals surface area contributed by atoms with Crippen LogP contribution in [0.25, 0.3) is 11.1 Å². The predicted octanol–water partition coefficient (Wildman–Crippen LogP) is 7.84. The number of benzene rings is 2. The maximum absolute atomic E-state index is 5.39. The summed E-state index contributed by atoms with van der Waals surface area (Å²) >= 11 is -3.84. The molecule has 0 fully saturated rings. The first-order chi connectivity index (χ1) is 13.3. The van der Waals surface area contributed by atoms with E-state index in [1.165, 1.54) is 25.0 Å². The molecule has 0 spiro atoms. The number of allylic oxidation sites excluding steroid dienone is 4. The van der Waals surface area contributed by atoms with Crippen LogP contribution in [0.1, 0.15) is 45.2 Å². The Kier molecular flexibility index (Phi) is 7.98. The summed E-state index contributed by atoms with van der Waals surface area (Å²) in [6.07, 6.45) is 9.30. The fraction of sp³-hybridized carbons (Fsp3) is 0.370. The Morgan fingerprint density at radius 1 is 0.867 bits per heavy atom. The molecule has 0 saturated carbocycles. The van der Waals surface area contributed by atoms with Crippen LogP contribution in [-0.4, -0.2) is 4.26 Å². The van der Waals surface area contributed by atoms with Crippen molar-refractivity contribution >= 4 is 32.4 Å². The fourth-order valence-electron chi connectivity index (χ4n) is 6.41. The van der Waals surface area contributed by atoms with Gasteiger partial charge in [-0.1, -0.05) is 0 Å². The van der Waals surface area contributed by atoms with E-state index in [0.717, 1.165) is 12.8 Å². The third kappa shape index (κ3) is 4.15. The normalized spacial score (nSPS) is 14.8. The Hall–Kier alpha value is -0.760. The Morgan fingerprint density at radius 2 is 1.50 bits per heavy atom. The zero-order valence-electron chi connectivity index (χ0n) is 18.8. The van der Waals surface area contributed by atoms with Gasteiger partial charge in [0, 0.05) is 0 Å². The SMILES string of the molecule is Cl.Cl.[CH2]=[Hf]([CH2]C(C)C)([CH2]C(C)C)([C]1=CC=CC1)[c]1cccc2c1Cc1ccccc1-2. The van der Waals surface area contributed by atoms with Gasteiger partial charge in [0.1, 0.15) is 0 Å². The molecule has 162 valence electrons. The molecular weight excluding hydrogens is 574 g/mol. The van der Waals surface area contributed by atoms with Crippen LogP contribution in [0, 0.1) is 11.8 Å². The van der Waals surface area contributed by atoms with Crippen molar-refractivity contribution in [3.8, 4) is 11.1 Å². The Labute approximate surface area is 196 Å². The summed E-state index contributed by atoms with van der Waals surface area (Å²) in [7, 11) is 0. The summed E-state index contributed by atoms with van der Waals surface area (Å²) in [5.74, 6) is 1.35. The molecule has 0 N–H and O–H groups in total. The minimum atomic E-state index is -3.84. The topological polar surface area (TPSA) is 0 Å². The second-order valence-electron chi connectivity index (χ2n) is 10.1. The van der Waals surface area contributed by atoms with Gasteiger partial charge < -0.3 is 0 Å². The Balaban J connectivity index is 0.00000160. The van der Waals surface area contributed by atoms with Gasteiger partial charge in [-0.2, -0.15) is 0 Å². The molecule has 4 rings (SSSR count). The first-order valence-electron chi connectivity index (χ1n) is 10.9. The van der Waals surface area contributed by atoms with E-state index >= 15 is 0 Å². The van der Waals surface area contributed by atoms with Gasteiger partial charge in [0.15, 0.2) is 0 Å². The second-order valence-corrected chi connectivity index (χ2v) is 31.2. The third-order valence-corrected chi connectivity index (χ3v) is 34.1. The van der Waals surface area contributed by atoms with Crippen molar-refractivity contribution in [1.82, 2.24) is 0 Å².